The Bertz CT molecular complexity index is 209. The second-order valence-corrected chi connectivity index (χ2v) is 3.92. The lowest BCUT2D eigenvalue weighted by molar-refractivity contribution is 0.145. The van der Waals surface area contributed by atoms with Crippen LogP contribution < -0.4 is 5.73 Å². The molecule has 5 nitrogen and oxygen atoms in total. The van der Waals surface area contributed by atoms with Crippen molar-refractivity contribution in [2.24, 2.45) is 10.9 Å². The van der Waals surface area contributed by atoms with Crippen molar-refractivity contribution in [2.45, 2.75) is 31.7 Å². The fraction of sp³-hybridized carbons (Fsp3) is 0.900. The molecule has 88 valence electrons. The zero-order valence-electron chi connectivity index (χ0n) is 9.35. The first-order chi connectivity index (χ1) is 7.29. The third-order valence-electron chi connectivity index (χ3n) is 2.86. The molecule has 1 aliphatic rings. The van der Waals surface area contributed by atoms with E-state index in [0.29, 0.717) is 5.84 Å². The molecule has 1 atom stereocenters. The molecule has 3 N–H and O–H groups in total. The minimum Gasteiger partial charge on any atom is -0.409 e. The van der Waals surface area contributed by atoms with Crippen LogP contribution in [0.25, 0.3) is 0 Å². The predicted octanol–water partition coefficient (Wildman–Crippen LogP) is 0.624. The normalized spacial score (nSPS) is 24.3. The highest BCUT2D eigenvalue weighted by Crippen LogP contribution is 2.17. The van der Waals surface area contributed by atoms with Gasteiger partial charge in [-0.05, 0) is 25.8 Å². The van der Waals surface area contributed by atoms with Crippen LogP contribution in [0.3, 0.4) is 0 Å². The quantitative estimate of drug-likeness (QED) is 0.232. The molecule has 0 aromatic heterocycles. The minimum absolute atomic E-state index is 0.112. The molecule has 0 aromatic carbocycles. The van der Waals surface area contributed by atoms with Crippen LogP contribution in [0, 0.1) is 0 Å². The van der Waals surface area contributed by atoms with Crippen LogP contribution in [0.15, 0.2) is 5.16 Å². The van der Waals surface area contributed by atoms with Crippen molar-refractivity contribution in [3.63, 3.8) is 0 Å². The third kappa shape index (κ3) is 3.68. The molecule has 0 aliphatic carbocycles. The number of rotatable bonds is 5. The van der Waals surface area contributed by atoms with Gasteiger partial charge in [0.05, 0.1) is 6.04 Å². The van der Waals surface area contributed by atoms with E-state index in [0.717, 1.165) is 39.0 Å². The summed E-state index contributed by atoms with van der Waals surface area (Å²) in [7, 11) is 1.71. The Morgan fingerprint density at radius 2 is 2.40 bits per heavy atom. The number of methoxy groups -OCH3 is 1. The first-order valence-electron chi connectivity index (χ1n) is 5.50. The topological polar surface area (TPSA) is 71.1 Å². The van der Waals surface area contributed by atoms with E-state index < -0.39 is 0 Å². The number of nitrogens with zero attached hydrogens (tertiary/aromatic N) is 2. The van der Waals surface area contributed by atoms with E-state index in [1.165, 1.54) is 6.42 Å². The molecule has 0 amide bonds. The Balaban J connectivity index is 2.43. The minimum atomic E-state index is 0.112. The zero-order valence-corrected chi connectivity index (χ0v) is 9.35. The number of nitrogens with two attached hydrogens (primary N) is 1. The van der Waals surface area contributed by atoms with Gasteiger partial charge in [-0.1, -0.05) is 11.6 Å². The maximum Gasteiger partial charge on any atom is 0.156 e. The van der Waals surface area contributed by atoms with Gasteiger partial charge in [-0.3, -0.25) is 4.90 Å². The lowest BCUT2D eigenvalue weighted by Gasteiger charge is -2.34. The fourth-order valence-electron chi connectivity index (χ4n) is 2.07. The molecule has 1 saturated heterocycles. The third-order valence-corrected chi connectivity index (χ3v) is 2.86. The molecule has 0 bridgehead atoms. The van der Waals surface area contributed by atoms with Crippen molar-refractivity contribution in [1.29, 1.82) is 0 Å². The Hall–Kier alpha value is -0.810. The van der Waals surface area contributed by atoms with Gasteiger partial charge in [-0.2, -0.15) is 0 Å². The van der Waals surface area contributed by atoms with Crippen molar-refractivity contribution in [3.8, 4) is 0 Å². The van der Waals surface area contributed by atoms with E-state index in [2.05, 4.69) is 10.1 Å². The monoisotopic (exact) mass is 215 g/mol. The first-order valence-corrected chi connectivity index (χ1v) is 5.50. The molecule has 15 heavy (non-hydrogen) atoms. The predicted molar refractivity (Wildman–Crippen MR) is 59.1 cm³/mol. The smallest absolute Gasteiger partial charge is 0.156 e. The second kappa shape index (κ2) is 6.63. The highest BCUT2D eigenvalue weighted by atomic mass is 16.5. The van der Waals surface area contributed by atoms with Crippen LogP contribution in [-0.2, 0) is 4.74 Å². The van der Waals surface area contributed by atoms with Crippen molar-refractivity contribution < 1.29 is 9.94 Å². The van der Waals surface area contributed by atoms with Crippen LogP contribution in [0.5, 0.6) is 0 Å². The summed E-state index contributed by atoms with van der Waals surface area (Å²) in [4.78, 5) is 2.28. The van der Waals surface area contributed by atoms with E-state index in [-0.39, 0.29) is 6.04 Å². The molecule has 5 heteroatoms. The number of hydrogen-bond acceptors (Lipinski definition) is 4. The van der Waals surface area contributed by atoms with Gasteiger partial charge >= 0.3 is 0 Å². The number of likely N-dealkylation sites (tertiary alicyclic amines) is 1. The summed E-state index contributed by atoms with van der Waals surface area (Å²) in [5.74, 6) is 0.340. The molecule has 0 unspecified atom stereocenters. The van der Waals surface area contributed by atoms with E-state index in [9.17, 15) is 0 Å². The van der Waals surface area contributed by atoms with Crippen molar-refractivity contribution in [1.82, 2.24) is 4.90 Å². The lowest BCUT2D eigenvalue weighted by Crippen LogP contribution is -2.48. The number of hydrogen-bond donors (Lipinski definition) is 2. The van der Waals surface area contributed by atoms with Gasteiger partial charge in [0.1, 0.15) is 0 Å². The Morgan fingerprint density at radius 3 is 3.07 bits per heavy atom. The Labute approximate surface area is 90.9 Å². The average molecular weight is 215 g/mol. The lowest BCUT2D eigenvalue weighted by atomic mass is 10.0. The Morgan fingerprint density at radius 1 is 1.60 bits per heavy atom. The first kappa shape index (κ1) is 12.3. The standard InChI is InChI=1S/C10H21N3O2/c1-15-8-4-7-13-6-3-2-5-9(13)10(11)12-14/h9,14H,2-8H2,1H3,(H2,11,12)/t9-/m1/s1. The highest BCUT2D eigenvalue weighted by Gasteiger charge is 2.25. The molecular weight excluding hydrogens is 194 g/mol. The summed E-state index contributed by atoms with van der Waals surface area (Å²) in [6.45, 7) is 2.75. The van der Waals surface area contributed by atoms with E-state index in [1.54, 1.807) is 7.11 Å². The van der Waals surface area contributed by atoms with Crippen LogP contribution in [0.2, 0.25) is 0 Å². The molecule has 0 aromatic rings. The number of amidine groups is 1. The van der Waals surface area contributed by atoms with Gasteiger partial charge in [0.25, 0.3) is 0 Å². The van der Waals surface area contributed by atoms with E-state index in [4.69, 9.17) is 15.7 Å². The molecule has 0 radical (unpaired) electrons. The summed E-state index contributed by atoms with van der Waals surface area (Å²) in [5, 5.41) is 11.8. The average Bonchev–Trinajstić information content (AvgIpc) is 2.29. The summed E-state index contributed by atoms with van der Waals surface area (Å²) >= 11 is 0. The van der Waals surface area contributed by atoms with Crippen LogP contribution >= 0.6 is 0 Å². The van der Waals surface area contributed by atoms with Crippen molar-refractivity contribution in [2.75, 3.05) is 26.8 Å². The summed E-state index contributed by atoms with van der Waals surface area (Å²) < 4.78 is 5.02. The van der Waals surface area contributed by atoms with Crippen molar-refractivity contribution >= 4 is 5.84 Å². The van der Waals surface area contributed by atoms with Gasteiger partial charge in [0, 0.05) is 20.3 Å². The molecule has 1 aliphatic heterocycles. The highest BCUT2D eigenvalue weighted by molar-refractivity contribution is 5.85. The molecule has 1 heterocycles. The molecule has 0 saturated carbocycles. The van der Waals surface area contributed by atoms with Gasteiger partial charge in [-0.15, -0.1) is 0 Å². The van der Waals surface area contributed by atoms with E-state index >= 15 is 0 Å². The van der Waals surface area contributed by atoms with E-state index in [1.807, 2.05) is 0 Å². The number of ether oxygens (including phenoxy) is 1. The molecular formula is C10H21N3O2. The number of oxime groups is 1. The molecule has 0 spiro atoms. The van der Waals surface area contributed by atoms with Crippen LogP contribution in [0.1, 0.15) is 25.7 Å². The van der Waals surface area contributed by atoms with Crippen LogP contribution in [-0.4, -0.2) is 48.8 Å². The van der Waals surface area contributed by atoms with Gasteiger partial charge in [0.15, 0.2) is 5.84 Å². The Kier molecular flexibility index (Phi) is 5.42. The summed E-state index contributed by atoms with van der Waals surface area (Å²) in [5.41, 5.74) is 5.67. The maximum absolute atomic E-state index is 8.69. The summed E-state index contributed by atoms with van der Waals surface area (Å²) in [6.07, 6.45) is 4.33. The zero-order chi connectivity index (χ0) is 11.1. The van der Waals surface area contributed by atoms with Gasteiger partial charge < -0.3 is 15.7 Å². The second-order valence-electron chi connectivity index (χ2n) is 3.92. The fourth-order valence-corrected chi connectivity index (χ4v) is 2.07. The maximum atomic E-state index is 8.69. The molecule has 1 fully saturated rings. The SMILES string of the molecule is COCCCN1CCCC[C@@H]1/C(N)=N/O. The van der Waals surface area contributed by atoms with Gasteiger partial charge in [-0.25, -0.2) is 0 Å². The largest absolute Gasteiger partial charge is 0.409 e. The van der Waals surface area contributed by atoms with Gasteiger partial charge in [0.2, 0.25) is 0 Å². The number of piperidine rings is 1. The van der Waals surface area contributed by atoms with Crippen molar-refractivity contribution in [3.05, 3.63) is 0 Å². The van der Waals surface area contributed by atoms with Crippen LogP contribution in [0.4, 0.5) is 0 Å². The summed E-state index contributed by atoms with van der Waals surface area (Å²) in [6, 6.07) is 0.112. The molecule has 1 rings (SSSR count).